The molecular formula is C10H13N3OS. The van der Waals surface area contributed by atoms with Crippen LogP contribution in [0.2, 0.25) is 0 Å². The molecular weight excluding hydrogens is 210 g/mol. The zero-order valence-electron chi connectivity index (χ0n) is 8.49. The molecule has 1 saturated carbocycles. The summed E-state index contributed by atoms with van der Waals surface area (Å²) in [6.45, 7) is 4.01. The molecule has 2 atom stereocenters. The lowest BCUT2D eigenvalue weighted by atomic mass is 10.4. The third kappa shape index (κ3) is 1.55. The van der Waals surface area contributed by atoms with E-state index in [0.717, 1.165) is 18.1 Å². The number of nitrogens with zero attached hydrogens (tertiary/aromatic N) is 1. The molecule has 3 rings (SSSR count). The van der Waals surface area contributed by atoms with E-state index in [0.29, 0.717) is 23.6 Å². The Balaban J connectivity index is 1.62. The molecule has 1 saturated heterocycles. The maximum atomic E-state index is 11.8. The number of aromatic nitrogens is 1. The van der Waals surface area contributed by atoms with Crippen LogP contribution in [0, 0.1) is 18.8 Å². The van der Waals surface area contributed by atoms with Crippen molar-refractivity contribution in [3.05, 3.63) is 16.1 Å². The predicted octanol–water partition coefficient (Wildman–Crippen LogP) is 0.399. The van der Waals surface area contributed by atoms with Gasteiger partial charge in [0.05, 0.1) is 5.01 Å². The molecule has 0 bridgehead atoms. The number of hydrogen-bond acceptors (Lipinski definition) is 4. The summed E-state index contributed by atoms with van der Waals surface area (Å²) in [7, 11) is 0. The average Bonchev–Trinajstić information content (AvgIpc) is 2.66. The van der Waals surface area contributed by atoms with Gasteiger partial charge in [-0.1, -0.05) is 0 Å². The van der Waals surface area contributed by atoms with E-state index in [1.165, 1.54) is 11.3 Å². The van der Waals surface area contributed by atoms with E-state index < -0.39 is 0 Å². The molecule has 1 aliphatic heterocycles. The van der Waals surface area contributed by atoms with E-state index in [-0.39, 0.29) is 5.91 Å². The first-order valence-electron chi connectivity index (χ1n) is 5.19. The molecule has 2 N–H and O–H groups in total. The van der Waals surface area contributed by atoms with Gasteiger partial charge in [-0.2, -0.15) is 0 Å². The summed E-state index contributed by atoms with van der Waals surface area (Å²) in [5.41, 5.74) is 0.565. The Bertz CT molecular complexity index is 393. The van der Waals surface area contributed by atoms with Gasteiger partial charge in [-0.25, -0.2) is 4.98 Å². The fourth-order valence-electron chi connectivity index (χ4n) is 2.33. The second-order valence-corrected chi connectivity index (χ2v) is 5.30. The molecule has 0 spiro atoms. The minimum absolute atomic E-state index is 0.0150. The number of hydrogen-bond donors (Lipinski definition) is 2. The van der Waals surface area contributed by atoms with Crippen molar-refractivity contribution in [2.45, 2.75) is 13.0 Å². The largest absolute Gasteiger partial charge is 0.347 e. The first-order valence-corrected chi connectivity index (χ1v) is 6.07. The molecule has 4 nitrogen and oxygen atoms in total. The number of rotatable bonds is 2. The molecule has 2 unspecified atom stereocenters. The van der Waals surface area contributed by atoms with Crippen LogP contribution in [-0.4, -0.2) is 30.0 Å². The molecule has 1 aromatic rings. The van der Waals surface area contributed by atoms with E-state index >= 15 is 0 Å². The highest BCUT2D eigenvalue weighted by atomic mass is 32.1. The number of fused-ring (bicyclic) bond motifs is 1. The van der Waals surface area contributed by atoms with Gasteiger partial charge < -0.3 is 10.6 Å². The van der Waals surface area contributed by atoms with Crippen molar-refractivity contribution in [3.8, 4) is 0 Å². The summed E-state index contributed by atoms with van der Waals surface area (Å²) >= 11 is 1.52. The quantitative estimate of drug-likeness (QED) is 0.763. The van der Waals surface area contributed by atoms with Crippen molar-refractivity contribution in [2.24, 2.45) is 11.8 Å². The summed E-state index contributed by atoms with van der Waals surface area (Å²) < 4.78 is 0. The average molecular weight is 223 g/mol. The second-order valence-electron chi connectivity index (χ2n) is 4.24. The summed E-state index contributed by atoms with van der Waals surface area (Å²) in [4.78, 5) is 15.9. The number of nitrogens with one attached hydrogen (secondary N) is 2. The smallest absolute Gasteiger partial charge is 0.270 e. The molecule has 1 aromatic heterocycles. The topological polar surface area (TPSA) is 54.0 Å². The van der Waals surface area contributed by atoms with Gasteiger partial charge in [-0.15, -0.1) is 11.3 Å². The van der Waals surface area contributed by atoms with Gasteiger partial charge >= 0.3 is 0 Å². The second kappa shape index (κ2) is 3.28. The summed E-state index contributed by atoms with van der Waals surface area (Å²) in [6.07, 6.45) is 0. The van der Waals surface area contributed by atoms with Crippen molar-refractivity contribution >= 4 is 17.2 Å². The fraction of sp³-hybridized carbons (Fsp3) is 0.600. The third-order valence-electron chi connectivity index (χ3n) is 3.24. The highest BCUT2D eigenvalue weighted by Crippen LogP contribution is 2.41. The Morgan fingerprint density at radius 3 is 2.93 bits per heavy atom. The fourth-order valence-corrected chi connectivity index (χ4v) is 2.92. The van der Waals surface area contributed by atoms with E-state index in [1.807, 2.05) is 12.3 Å². The summed E-state index contributed by atoms with van der Waals surface area (Å²) in [6, 6.07) is 0.390. The molecule has 1 amide bonds. The Kier molecular flexibility index (Phi) is 2.03. The standard InChI is InChI=1S/C10H13N3OS/c1-5-12-8(4-15-5)10(14)13-9-6-2-11-3-7(6)9/h4,6-7,9,11H,2-3H2,1H3,(H,13,14). The monoisotopic (exact) mass is 223 g/mol. The van der Waals surface area contributed by atoms with Gasteiger partial charge in [-0.05, 0) is 18.8 Å². The van der Waals surface area contributed by atoms with Crippen LogP contribution in [0.1, 0.15) is 15.5 Å². The number of amides is 1. The van der Waals surface area contributed by atoms with Crippen molar-refractivity contribution < 1.29 is 4.79 Å². The summed E-state index contributed by atoms with van der Waals surface area (Å²) in [5, 5.41) is 9.12. The van der Waals surface area contributed by atoms with E-state index in [1.54, 1.807) is 0 Å². The van der Waals surface area contributed by atoms with Gasteiger partial charge in [0.15, 0.2) is 0 Å². The van der Waals surface area contributed by atoms with Crippen LogP contribution in [0.5, 0.6) is 0 Å². The van der Waals surface area contributed by atoms with Gasteiger partial charge in [0.1, 0.15) is 5.69 Å². The van der Waals surface area contributed by atoms with Gasteiger partial charge in [0.2, 0.25) is 0 Å². The number of carbonyl (C=O) groups is 1. The Hall–Kier alpha value is -0.940. The SMILES string of the molecule is Cc1nc(C(=O)NC2C3CNCC32)cs1. The van der Waals surface area contributed by atoms with Crippen LogP contribution < -0.4 is 10.6 Å². The van der Waals surface area contributed by atoms with E-state index in [9.17, 15) is 4.79 Å². The highest BCUT2D eigenvalue weighted by molar-refractivity contribution is 7.09. The van der Waals surface area contributed by atoms with Crippen molar-refractivity contribution in [2.75, 3.05) is 13.1 Å². The Morgan fingerprint density at radius 1 is 1.60 bits per heavy atom. The van der Waals surface area contributed by atoms with Gasteiger partial charge in [-0.3, -0.25) is 4.79 Å². The van der Waals surface area contributed by atoms with Crippen LogP contribution in [0.15, 0.2) is 5.38 Å². The molecule has 2 fully saturated rings. The number of carbonyl (C=O) groups excluding carboxylic acids is 1. The molecule has 80 valence electrons. The predicted molar refractivity (Wildman–Crippen MR) is 58.0 cm³/mol. The Morgan fingerprint density at radius 2 is 2.33 bits per heavy atom. The molecule has 2 aliphatic rings. The third-order valence-corrected chi connectivity index (χ3v) is 4.01. The maximum Gasteiger partial charge on any atom is 0.270 e. The lowest BCUT2D eigenvalue weighted by Gasteiger charge is -2.05. The van der Waals surface area contributed by atoms with Crippen molar-refractivity contribution in [1.82, 2.24) is 15.6 Å². The first kappa shape index (κ1) is 9.30. The number of piperidine rings is 1. The van der Waals surface area contributed by atoms with Crippen LogP contribution >= 0.6 is 11.3 Å². The molecule has 5 heteroatoms. The zero-order valence-corrected chi connectivity index (χ0v) is 9.30. The normalized spacial score (nSPS) is 32.5. The van der Waals surface area contributed by atoms with Crippen LogP contribution in [0.4, 0.5) is 0 Å². The lowest BCUT2D eigenvalue weighted by Crippen LogP contribution is -2.32. The number of aryl methyl sites for hydroxylation is 1. The minimum Gasteiger partial charge on any atom is -0.347 e. The molecule has 0 radical (unpaired) electrons. The Labute approximate surface area is 92.1 Å². The van der Waals surface area contributed by atoms with Gasteiger partial charge in [0.25, 0.3) is 5.91 Å². The highest BCUT2D eigenvalue weighted by Gasteiger charge is 2.53. The minimum atomic E-state index is -0.0150. The molecule has 15 heavy (non-hydrogen) atoms. The molecule has 2 heterocycles. The molecule has 1 aliphatic carbocycles. The van der Waals surface area contributed by atoms with Gasteiger partial charge in [0, 0.05) is 24.5 Å². The number of thiazole rings is 1. The van der Waals surface area contributed by atoms with E-state index in [2.05, 4.69) is 15.6 Å². The van der Waals surface area contributed by atoms with Crippen LogP contribution in [0.3, 0.4) is 0 Å². The summed E-state index contributed by atoms with van der Waals surface area (Å²) in [5.74, 6) is 1.31. The first-order chi connectivity index (χ1) is 7.25. The zero-order chi connectivity index (χ0) is 10.4. The van der Waals surface area contributed by atoms with E-state index in [4.69, 9.17) is 0 Å². The lowest BCUT2D eigenvalue weighted by molar-refractivity contribution is 0.0942. The van der Waals surface area contributed by atoms with Crippen molar-refractivity contribution in [1.29, 1.82) is 0 Å². The van der Waals surface area contributed by atoms with Crippen LogP contribution in [-0.2, 0) is 0 Å². The van der Waals surface area contributed by atoms with Crippen LogP contribution in [0.25, 0.3) is 0 Å². The molecule has 0 aromatic carbocycles. The van der Waals surface area contributed by atoms with Crippen molar-refractivity contribution in [3.63, 3.8) is 0 Å². The maximum absolute atomic E-state index is 11.8.